The van der Waals surface area contributed by atoms with E-state index < -0.39 is 6.36 Å². The summed E-state index contributed by atoms with van der Waals surface area (Å²) >= 11 is 0. The first-order chi connectivity index (χ1) is 10.4. The second kappa shape index (κ2) is 5.48. The van der Waals surface area contributed by atoms with Gasteiger partial charge in [0, 0.05) is 12.0 Å². The maximum Gasteiger partial charge on any atom is 0.573 e. The Balaban J connectivity index is 1.87. The Bertz CT molecular complexity index is 703. The molecule has 2 aromatic rings. The van der Waals surface area contributed by atoms with Gasteiger partial charge in [0.2, 0.25) is 0 Å². The standard InChI is InChI=1S/C17H13F3O2/c18-17(19,20)22-14-7-4-11(5-8-14)12-6-9-15-13(10-12)2-1-3-16(15)21/h4-10H,1-3H2. The summed E-state index contributed by atoms with van der Waals surface area (Å²) in [6.45, 7) is 0. The molecule has 0 N–H and O–H groups in total. The minimum atomic E-state index is -4.69. The monoisotopic (exact) mass is 306 g/mol. The van der Waals surface area contributed by atoms with Crippen LogP contribution < -0.4 is 4.74 Å². The van der Waals surface area contributed by atoms with E-state index in [2.05, 4.69) is 4.74 Å². The van der Waals surface area contributed by atoms with Crippen LogP contribution in [0.4, 0.5) is 13.2 Å². The van der Waals surface area contributed by atoms with Crippen molar-refractivity contribution in [3.63, 3.8) is 0 Å². The van der Waals surface area contributed by atoms with Crippen molar-refractivity contribution in [1.82, 2.24) is 0 Å². The Kier molecular flexibility index (Phi) is 3.64. The first-order valence-corrected chi connectivity index (χ1v) is 6.95. The van der Waals surface area contributed by atoms with Crippen molar-refractivity contribution in [3.8, 4) is 16.9 Å². The number of halogens is 3. The molecule has 114 valence electrons. The number of hydrogen-bond acceptors (Lipinski definition) is 2. The van der Waals surface area contributed by atoms with E-state index in [1.54, 1.807) is 18.2 Å². The van der Waals surface area contributed by atoms with E-state index >= 15 is 0 Å². The fourth-order valence-corrected chi connectivity index (χ4v) is 2.68. The van der Waals surface area contributed by atoms with E-state index in [9.17, 15) is 18.0 Å². The quantitative estimate of drug-likeness (QED) is 0.798. The molecule has 0 atom stereocenters. The van der Waals surface area contributed by atoms with Gasteiger partial charge >= 0.3 is 6.36 Å². The number of ether oxygens (including phenoxy) is 1. The van der Waals surface area contributed by atoms with E-state index in [0.29, 0.717) is 6.42 Å². The van der Waals surface area contributed by atoms with Gasteiger partial charge < -0.3 is 4.74 Å². The number of alkyl halides is 3. The van der Waals surface area contributed by atoms with E-state index in [-0.39, 0.29) is 11.5 Å². The molecule has 5 heteroatoms. The first-order valence-electron chi connectivity index (χ1n) is 6.95. The number of Topliss-reactive ketones (excluding diaryl/α,β-unsaturated/α-hetero) is 1. The van der Waals surface area contributed by atoms with Crippen LogP contribution in [-0.4, -0.2) is 12.1 Å². The second-order valence-corrected chi connectivity index (χ2v) is 5.22. The van der Waals surface area contributed by atoms with Crippen LogP contribution in [0.2, 0.25) is 0 Å². The number of carbonyl (C=O) groups excluding carboxylic acids is 1. The summed E-state index contributed by atoms with van der Waals surface area (Å²) in [5.41, 5.74) is 3.43. The Labute approximate surface area is 125 Å². The van der Waals surface area contributed by atoms with Crippen molar-refractivity contribution in [1.29, 1.82) is 0 Å². The van der Waals surface area contributed by atoms with Gasteiger partial charge in [-0.15, -0.1) is 13.2 Å². The van der Waals surface area contributed by atoms with E-state index in [0.717, 1.165) is 35.1 Å². The third kappa shape index (κ3) is 3.13. The molecule has 0 aliphatic heterocycles. The van der Waals surface area contributed by atoms with Gasteiger partial charge in [0.1, 0.15) is 5.75 Å². The largest absolute Gasteiger partial charge is 0.573 e. The second-order valence-electron chi connectivity index (χ2n) is 5.22. The topological polar surface area (TPSA) is 26.3 Å². The molecule has 0 spiro atoms. The summed E-state index contributed by atoms with van der Waals surface area (Å²) < 4.78 is 40.3. The third-order valence-electron chi connectivity index (χ3n) is 3.68. The number of aryl methyl sites for hydroxylation is 1. The molecule has 22 heavy (non-hydrogen) atoms. The van der Waals surface area contributed by atoms with Crippen molar-refractivity contribution in [3.05, 3.63) is 53.6 Å². The molecule has 0 unspecified atom stereocenters. The lowest BCUT2D eigenvalue weighted by Gasteiger charge is -2.16. The highest BCUT2D eigenvalue weighted by atomic mass is 19.4. The fourth-order valence-electron chi connectivity index (χ4n) is 2.68. The van der Waals surface area contributed by atoms with Crippen molar-refractivity contribution < 1.29 is 22.7 Å². The molecule has 0 heterocycles. The molecule has 0 radical (unpaired) electrons. The Morgan fingerprint density at radius 1 is 0.909 bits per heavy atom. The zero-order valence-corrected chi connectivity index (χ0v) is 11.6. The van der Waals surface area contributed by atoms with Gasteiger partial charge in [-0.1, -0.05) is 30.3 Å². The summed E-state index contributed by atoms with van der Waals surface area (Å²) in [5, 5.41) is 0. The predicted molar refractivity (Wildman–Crippen MR) is 75.8 cm³/mol. The maximum absolute atomic E-state index is 12.1. The van der Waals surface area contributed by atoms with Crippen LogP contribution in [0.1, 0.15) is 28.8 Å². The van der Waals surface area contributed by atoms with Gasteiger partial charge in [0.15, 0.2) is 5.78 Å². The summed E-state index contributed by atoms with van der Waals surface area (Å²) in [7, 11) is 0. The Hall–Kier alpha value is -2.30. The lowest BCUT2D eigenvalue weighted by atomic mass is 9.88. The van der Waals surface area contributed by atoms with E-state index in [1.165, 1.54) is 12.1 Å². The van der Waals surface area contributed by atoms with Crippen molar-refractivity contribution in [2.75, 3.05) is 0 Å². The third-order valence-corrected chi connectivity index (χ3v) is 3.68. The summed E-state index contributed by atoms with van der Waals surface area (Å²) in [4.78, 5) is 11.8. The Morgan fingerprint density at radius 3 is 2.27 bits per heavy atom. The number of benzene rings is 2. The fraction of sp³-hybridized carbons (Fsp3) is 0.235. The van der Waals surface area contributed by atoms with Crippen LogP contribution in [0, 0.1) is 0 Å². The van der Waals surface area contributed by atoms with E-state index in [4.69, 9.17) is 0 Å². The van der Waals surface area contributed by atoms with Crippen LogP contribution in [0.3, 0.4) is 0 Å². The molecule has 0 fully saturated rings. The summed E-state index contributed by atoms with van der Waals surface area (Å²) in [5.74, 6) is -0.0916. The van der Waals surface area contributed by atoms with Crippen LogP contribution in [0.25, 0.3) is 11.1 Å². The summed E-state index contributed by atoms with van der Waals surface area (Å²) in [6, 6.07) is 11.3. The number of fused-ring (bicyclic) bond motifs is 1. The highest BCUT2D eigenvalue weighted by molar-refractivity contribution is 5.99. The molecule has 2 nitrogen and oxygen atoms in total. The van der Waals surface area contributed by atoms with Gasteiger partial charge in [0.25, 0.3) is 0 Å². The van der Waals surface area contributed by atoms with Crippen LogP contribution >= 0.6 is 0 Å². The van der Waals surface area contributed by atoms with Crippen molar-refractivity contribution >= 4 is 5.78 Å². The van der Waals surface area contributed by atoms with Crippen LogP contribution in [0.5, 0.6) is 5.75 Å². The molecule has 0 aromatic heterocycles. The van der Waals surface area contributed by atoms with Gasteiger partial charge in [0.05, 0.1) is 0 Å². The minimum absolute atomic E-state index is 0.154. The number of carbonyl (C=O) groups is 1. The highest BCUT2D eigenvalue weighted by Gasteiger charge is 2.31. The molecule has 0 bridgehead atoms. The average molecular weight is 306 g/mol. The predicted octanol–water partition coefficient (Wildman–Crippen LogP) is 4.77. The molecule has 2 aromatic carbocycles. The van der Waals surface area contributed by atoms with E-state index in [1.807, 2.05) is 12.1 Å². The number of ketones is 1. The maximum atomic E-state index is 12.1. The molecule has 1 aliphatic rings. The molecular weight excluding hydrogens is 293 g/mol. The molecule has 3 rings (SSSR count). The number of rotatable bonds is 2. The average Bonchev–Trinajstić information content (AvgIpc) is 2.46. The lowest BCUT2D eigenvalue weighted by Crippen LogP contribution is -2.16. The van der Waals surface area contributed by atoms with Gasteiger partial charge in [-0.3, -0.25) is 4.79 Å². The summed E-state index contributed by atoms with van der Waals surface area (Å²) in [6.07, 6.45) is -2.42. The normalized spacial score (nSPS) is 14.6. The highest BCUT2D eigenvalue weighted by Crippen LogP contribution is 2.29. The zero-order chi connectivity index (χ0) is 15.7. The van der Waals surface area contributed by atoms with Crippen LogP contribution in [0.15, 0.2) is 42.5 Å². The zero-order valence-electron chi connectivity index (χ0n) is 11.6. The smallest absolute Gasteiger partial charge is 0.406 e. The Morgan fingerprint density at radius 2 is 1.59 bits per heavy atom. The molecule has 0 saturated carbocycles. The number of hydrogen-bond donors (Lipinski definition) is 0. The lowest BCUT2D eigenvalue weighted by molar-refractivity contribution is -0.274. The minimum Gasteiger partial charge on any atom is -0.406 e. The van der Waals surface area contributed by atoms with Gasteiger partial charge in [-0.2, -0.15) is 0 Å². The van der Waals surface area contributed by atoms with Crippen LogP contribution in [-0.2, 0) is 6.42 Å². The molecule has 0 saturated heterocycles. The van der Waals surface area contributed by atoms with Gasteiger partial charge in [-0.25, -0.2) is 0 Å². The van der Waals surface area contributed by atoms with Gasteiger partial charge in [-0.05, 0) is 41.7 Å². The SMILES string of the molecule is O=C1CCCc2cc(-c3ccc(OC(F)(F)F)cc3)ccc21. The van der Waals surface area contributed by atoms with Crippen molar-refractivity contribution in [2.45, 2.75) is 25.6 Å². The first kappa shape index (κ1) is 14.6. The molecule has 0 amide bonds. The van der Waals surface area contributed by atoms with Crippen molar-refractivity contribution in [2.24, 2.45) is 0 Å². The molecule has 1 aliphatic carbocycles. The molecular formula is C17H13F3O2.